The minimum absolute atomic E-state index is 0.193. The monoisotopic (exact) mass is 489 g/mol. The molecule has 2 amide bonds. The molecular weight excluding hydrogens is 477 g/mol. The molecule has 0 saturated heterocycles. The molecule has 0 unspecified atom stereocenters. The first kappa shape index (κ1) is 23.3. The van der Waals surface area contributed by atoms with Crippen molar-refractivity contribution in [2.75, 3.05) is 5.32 Å². The number of hydrazone groups is 1. The van der Waals surface area contributed by atoms with Crippen LogP contribution in [-0.4, -0.2) is 24.0 Å². The molecular formula is C22H14Cl3N3O4. The van der Waals surface area contributed by atoms with Gasteiger partial charge in [0, 0.05) is 10.0 Å². The summed E-state index contributed by atoms with van der Waals surface area (Å²) in [7, 11) is 0. The molecule has 0 fully saturated rings. The zero-order valence-corrected chi connectivity index (χ0v) is 18.4. The standard InChI is InChI=1S/C22H14Cl3N3O4/c23-15-6-4-14(5-7-15)22(31)32-17-3-1-2-13(10-17)12-26-28-21(30)20(29)27-19-11-16(24)8-9-18(19)25/h1-12H,(H,27,29)(H,28,30)/b26-12-. The number of ether oxygens (including phenoxy) is 1. The van der Waals surface area contributed by atoms with E-state index >= 15 is 0 Å². The molecule has 0 aliphatic rings. The molecule has 3 aromatic carbocycles. The van der Waals surface area contributed by atoms with Crippen molar-refractivity contribution in [2.45, 2.75) is 0 Å². The Kier molecular flexibility index (Phi) is 7.83. The Morgan fingerprint density at radius 3 is 2.31 bits per heavy atom. The van der Waals surface area contributed by atoms with Gasteiger partial charge in [-0.05, 0) is 60.2 Å². The van der Waals surface area contributed by atoms with Gasteiger partial charge in [0.05, 0.1) is 22.5 Å². The van der Waals surface area contributed by atoms with Crippen molar-refractivity contribution in [3.63, 3.8) is 0 Å². The molecule has 0 heterocycles. The number of rotatable bonds is 5. The van der Waals surface area contributed by atoms with Gasteiger partial charge in [0.1, 0.15) is 5.75 Å². The van der Waals surface area contributed by atoms with Gasteiger partial charge in [-0.15, -0.1) is 0 Å². The van der Waals surface area contributed by atoms with E-state index in [1.807, 2.05) is 0 Å². The van der Waals surface area contributed by atoms with Crippen LogP contribution in [0.2, 0.25) is 15.1 Å². The Morgan fingerprint density at radius 2 is 1.56 bits per heavy atom. The van der Waals surface area contributed by atoms with E-state index in [9.17, 15) is 14.4 Å². The number of halogens is 3. The first-order valence-corrected chi connectivity index (χ1v) is 10.1. The van der Waals surface area contributed by atoms with Crippen molar-refractivity contribution in [3.05, 3.63) is 92.9 Å². The van der Waals surface area contributed by atoms with Gasteiger partial charge in [-0.25, -0.2) is 10.2 Å². The highest BCUT2D eigenvalue weighted by Crippen LogP contribution is 2.25. The first-order chi connectivity index (χ1) is 15.3. The highest BCUT2D eigenvalue weighted by molar-refractivity contribution is 6.42. The summed E-state index contributed by atoms with van der Waals surface area (Å²) in [6, 6.07) is 17.1. The molecule has 7 nitrogen and oxygen atoms in total. The fourth-order valence-electron chi connectivity index (χ4n) is 2.40. The highest BCUT2D eigenvalue weighted by Gasteiger charge is 2.15. The lowest BCUT2D eigenvalue weighted by molar-refractivity contribution is -0.136. The SMILES string of the molecule is O=C(N/N=C\c1cccc(OC(=O)c2ccc(Cl)cc2)c1)C(=O)Nc1cc(Cl)ccc1Cl. The second-order valence-electron chi connectivity index (χ2n) is 6.25. The summed E-state index contributed by atoms with van der Waals surface area (Å²) in [5.74, 6) is -2.27. The maximum Gasteiger partial charge on any atom is 0.343 e. The Hall–Kier alpha value is -3.39. The van der Waals surface area contributed by atoms with E-state index in [2.05, 4.69) is 15.8 Å². The maximum atomic E-state index is 12.2. The van der Waals surface area contributed by atoms with Crippen LogP contribution in [0.25, 0.3) is 0 Å². The van der Waals surface area contributed by atoms with Gasteiger partial charge in [-0.3, -0.25) is 9.59 Å². The third-order valence-electron chi connectivity index (χ3n) is 3.91. The summed E-state index contributed by atoms with van der Waals surface area (Å²) in [6.07, 6.45) is 1.29. The molecule has 10 heteroatoms. The first-order valence-electron chi connectivity index (χ1n) is 8.99. The van der Waals surface area contributed by atoms with Crippen LogP contribution in [0.15, 0.2) is 71.8 Å². The zero-order chi connectivity index (χ0) is 23.1. The molecule has 0 bridgehead atoms. The quantitative estimate of drug-likeness (QED) is 0.174. The van der Waals surface area contributed by atoms with E-state index in [1.54, 1.807) is 48.5 Å². The zero-order valence-electron chi connectivity index (χ0n) is 16.1. The lowest BCUT2D eigenvalue weighted by Gasteiger charge is -2.06. The molecule has 0 spiro atoms. The number of nitrogens with zero attached hydrogens (tertiary/aromatic N) is 1. The normalized spacial score (nSPS) is 10.6. The minimum atomic E-state index is -1.01. The number of benzene rings is 3. The average molecular weight is 491 g/mol. The number of amides is 2. The molecule has 32 heavy (non-hydrogen) atoms. The summed E-state index contributed by atoms with van der Waals surface area (Å²) in [5, 5.41) is 7.15. The largest absolute Gasteiger partial charge is 0.423 e. The van der Waals surface area contributed by atoms with Crippen molar-refractivity contribution in [2.24, 2.45) is 5.10 Å². The number of nitrogens with one attached hydrogen (secondary N) is 2. The summed E-state index contributed by atoms with van der Waals surface area (Å²) < 4.78 is 5.32. The summed E-state index contributed by atoms with van der Waals surface area (Å²) in [4.78, 5) is 36.1. The molecule has 3 rings (SSSR count). The van der Waals surface area contributed by atoms with Gasteiger partial charge in [0.25, 0.3) is 0 Å². The molecule has 0 radical (unpaired) electrons. The van der Waals surface area contributed by atoms with Crippen LogP contribution in [0, 0.1) is 0 Å². The van der Waals surface area contributed by atoms with E-state index in [-0.39, 0.29) is 16.5 Å². The predicted molar refractivity (Wildman–Crippen MR) is 124 cm³/mol. The van der Waals surface area contributed by atoms with E-state index < -0.39 is 17.8 Å². The van der Waals surface area contributed by atoms with E-state index in [1.165, 1.54) is 24.4 Å². The van der Waals surface area contributed by atoms with Crippen LogP contribution in [0.1, 0.15) is 15.9 Å². The molecule has 3 aromatic rings. The molecule has 0 atom stereocenters. The van der Waals surface area contributed by atoms with E-state index in [0.717, 1.165) is 0 Å². The van der Waals surface area contributed by atoms with Crippen LogP contribution in [-0.2, 0) is 9.59 Å². The predicted octanol–water partition coefficient (Wildman–Crippen LogP) is 4.95. The summed E-state index contributed by atoms with van der Waals surface area (Å²) >= 11 is 17.6. The Bertz CT molecular complexity index is 1200. The fraction of sp³-hybridized carbons (Fsp3) is 0. The van der Waals surface area contributed by atoms with Gasteiger partial charge in [0.15, 0.2) is 0 Å². The maximum absolute atomic E-state index is 12.2. The van der Waals surface area contributed by atoms with Gasteiger partial charge in [0.2, 0.25) is 0 Å². The lowest BCUT2D eigenvalue weighted by atomic mass is 10.2. The van der Waals surface area contributed by atoms with Gasteiger partial charge in [-0.1, -0.05) is 46.9 Å². The smallest absolute Gasteiger partial charge is 0.343 e. The average Bonchev–Trinajstić information content (AvgIpc) is 2.77. The van der Waals surface area contributed by atoms with Crippen molar-refractivity contribution in [1.82, 2.24) is 5.43 Å². The van der Waals surface area contributed by atoms with Gasteiger partial charge >= 0.3 is 17.8 Å². The third kappa shape index (κ3) is 6.55. The van der Waals surface area contributed by atoms with Crippen molar-refractivity contribution in [3.8, 4) is 5.75 Å². The number of carbonyl (C=O) groups excluding carboxylic acids is 3. The minimum Gasteiger partial charge on any atom is -0.423 e. The fourth-order valence-corrected chi connectivity index (χ4v) is 2.86. The van der Waals surface area contributed by atoms with E-state index in [0.29, 0.717) is 21.2 Å². The summed E-state index contributed by atoms with van der Waals surface area (Å²) in [6.45, 7) is 0. The lowest BCUT2D eigenvalue weighted by Crippen LogP contribution is -2.32. The number of hydrogen-bond donors (Lipinski definition) is 2. The van der Waals surface area contributed by atoms with Crippen molar-refractivity contribution in [1.29, 1.82) is 0 Å². The second kappa shape index (κ2) is 10.8. The molecule has 162 valence electrons. The summed E-state index contributed by atoms with van der Waals surface area (Å²) in [5.41, 5.74) is 3.15. The number of hydrogen-bond acceptors (Lipinski definition) is 5. The topological polar surface area (TPSA) is 96.9 Å². The molecule has 0 aliphatic heterocycles. The Balaban J connectivity index is 1.57. The van der Waals surface area contributed by atoms with Crippen LogP contribution in [0.4, 0.5) is 5.69 Å². The van der Waals surface area contributed by atoms with Crippen molar-refractivity contribution < 1.29 is 19.1 Å². The number of anilines is 1. The molecule has 0 saturated carbocycles. The molecule has 0 aromatic heterocycles. The Morgan fingerprint density at radius 1 is 0.844 bits per heavy atom. The van der Waals surface area contributed by atoms with Crippen LogP contribution < -0.4 is 15.5 Å². The molecule has 0 aliphatic carbocycles. The van der Waals surface area contributed by atoms with Crippen molar-refractivity contribution >= 4 is 64.5 Å². The molecule has 2 N–H and O–H groups in total. The number of esters is 1. The Labute approximate surface area is 197 Å². The van der Waals surface area contributed by atoms with Crippen LogP contribution in [0.5, 0.6) is 5.75 Å². The second-order valence-corrected chi connectivity index (χ2v) is 7.53. The highest BCUT2D eigenvalue weighted by atomic mass is 35.5. The van der Waals surface area contributed by atoms with Crippen LogP contribution in [0.3, 0.4) is 0 Å². The van der Waals surface area contributed by atoms with Gasteiger partial charge < -0.3 is 10.1 Å². The third-order valence-corrected chi connectivity index (χ3v) is 4.73. The van der Waals surface area contributed by atoms with Crippen LogP contribution >= 0.6 is 34.8 Å². The number of carbonyl (C=O) groups is 3. The van der Waals surface area contributed by atoms with Gasteiger partial charge in [-0.2, -0.15) is 5.10 Å². The van der Waals surface area contributed by atoms with E-state index in [4.69, 9.17) is 39.5 Å².